The summed E-state index contributed by atoms with van der Waals surface area (Å²) in [6.45, 7) is 57.3. The van der Waals surface area contributed by atoms with Gasteiger partial charge in [-0.2, -0.15) is 0 Å². The number of likely N-dealkylation sites (N-methyl/N-ethyl adjacent to an activating group) is 3. The summed E-state index contributed by atoms with van der Waals surface area (Å²) in [5.74, 6) is 3.10. The van der Waals surface area contributed by atoms with Crippen LogP contribution in [0.1, 0.15) is 262 Å². The first kappa shape index (κ1) is 118. The lowest BCUT2D eigenvalue weighted by molar-refractivity contribution is -0.0395. The Labute approximate surface area is 875 Å². The topological polar surface area (TPSA) is 302 Å². The van der Waals surface area contributed by atoms with Gasteiger partial charge in [0.25, 0.3) is 0 Å². The van der Waals surface area contributed by atoms with Crippen molar-refractivity contribution in [1.82, 2.24) is 64.3 Å². The van der Waals surface area contributed by atoms with Crippen molar-refractivity contribution in [3.05, 3.63) is 168 Å². The van der Waals surface area contributed by atoms with Gasteiger partial charge in [-0.3, -0.25) is 49.6 Å². The Balaban J connectivity index is 0.000000163. The van der Waals surface area contributed by atoms with Crippen LogP contribution in [0.2, 0.25) is 0 Å². The molecule has 0 bridgehead atoms. The number of methoxy groups -OCH3 is 3. The minimum Gasteiger partial charge on any atom is -0.390 e. The molecule has 30 nitrogen and oxygen atoms in total. The van der Waals surface area contributed by atoms with E-state index in [-0.39, 0.29) is 6.54 Å². The van der Waals surface area contributed by atoms with E-state index in [2.05, 4.69) is 285 Å². The summed E-state index contributed by atoms with van der Waals surface area (Å²) < 4.78 is 28.8. The van der Waals surface area contributed by atoms with Gasteiger partial charge in [0, 0.05) is 244 Å². The molecule has 814 valence electrons. The zero-order chi connectivity index (χ0) is 106. The van der Waals surface area contributed by atoms with Crippen LogP contribution in [-0.4, -0.2) is 398 Å². The smallest absolute Gasteiger partial charge is 0.143 e. The zero-order valence-corrected chi connectivity index (χ0v) is 92.8. The van der Waals surface area contributed by atoms with Gasteiger partial charge in [0.05, 0.1) is 132 Å². The number of β-amino-alcohol motifs (C(OH)–C–C–N with tert-alkyl or cyclic N) is 6. The number of alkyl halides is 1. The summed E-state index contributed by atoms with van der Waals surface area (Å²) in [5, 5.41) is 74.2. The van der Waals surface area contributed by atoms with Gasteiger partial charge in [-0.1, -0.05) is 96.9 Å². The summed E-state index contributed by atoms with van der Waals surface area (Å²) >= 11 is 0. The molecule has 0 amide bonds. The van der Waals surface area contributed by atoms with Gasteiger partial charge in [-0.25, -0.2) is 4.39 Å². The van der Waals surface area contributed by atoms with Crippen LogP contribution in [0.4, 0.5) is 44.2 Å². The molecule has 7 aromatic rings. The fourth-order valence-electron chi connectivity index (χ4n) is 21.4. The highest BCUT2D eigenvalue weighted by Gasteiger charge is 2.42. The molecule has 0 radical (unpaired) electrons. The molecule has 10 fully saturated rings. The number of hydrogen-bond acceptors (Lipinski definition) is 30. The van der Waals surface area contributed by atoms with Gasteiger partial charge in [-0.15, -0.1) is 0 Å². The van der Waals surface area contributed by atoms with Gasteiger partial charge in [-0.05, 0) is 231 Å². The average Bonchev–Trinajstić information content (AvgIpc) is 0.809. The number of aromatic nitrogens is 7. The highest BCUT2D eigenvalue weighted by molar-refractivity contribution is 5.52. The molecule has 7 aromatic heterocycles. The number of piperidine rings is 7. The number of nitrogens with zero attached hydrogens (tertiary/aromatic N) is 20. The Morgan fingerprint density at radius 1 is 0.274 bits per heavy atom. The standard InChI is InChI=1S/3C19H32N4O.3C15H24N2O2.C13H19FN2O/c3*1-16(2)18-6-5-17(13-20-18)23-8-4-7-19(24,15-23)14-22-11-9-21(3)10-12-22;3*1-12(2)14-6-5-13(9-16-14)17-8-4-7-15(18,10-17)11-19-3;1-9(2)12-4-3-10(7-15-12)16-6-5-13(17)11(14)8-16/h3*5-6,13,16,24H,4,7-12,14-15H2,1-3H3;3*5-6,9,12,18H,4,7-8,10-11H2,1-3H3;3-4,7,9,11,13,17H,5-6,8H2,1-2H3/t2*19-;;2*15-;;11-,13-/m10.10.0/s1. The van der Waals surface area contributed by atoms with Gasteiger partial charge < -0.3 is 99.0 Å². The van der Waals surface area contributed by atoms with Crippen molar-refractivity contribution in [3.63, 3.8) is 0 Å². The second kappa shape index (κ2) is 56.3. The van der Waals surface area contributed by atoms with Crippen LogP contribution in [0.15, 0.2) is 128 Å². The molecule has 17 heterocycles. The number of halogens is 1. The first-order valence-corrected chi connectivity index (χ1v) is 54.9. The molecule has 0 spiro atoms. The Morgan fingerprint density at radius 3 is 0.630 bits per heavy atom. The molecule has 0 aromatic carbocycles. The number of aliphatic hydroxyl groups is 7. The Hall–Kier alpha value is -8.06. The number of ether oxygens (including phenoxy) is 3. The van der Waals surface area contributed by atoms with E-state index in [0.717, 1.165) is 294 Å². The van der Waals surface area contributed by atoms with Crippen molar-refractivity contribution in [2.45, 2.75) is 268 Å². The molecule has 10 aliphatic heterocycles. The Kier molecular flexibility index (Phi) is 45.6. The highest BCUT2D eigenvalue weighted by Crippen LogP contribution is 2.36. The maximum absolute atomic E-state index is 13.4. The minimum atomic E-state index is -1.16. The number of rotatable bonds is 26. The molecule has 0 saturated carbocycles. The fraction of sp³-hybridized carbons (Fsp3) is 0.696. The van der Waals surface area contributed by atoms with Crippen molar-refractivity contribution in [2.24, 2.45) is 0 Å². The van der Waals surface area contributed by atoms with E-state index >= 15 is 0 Å². The third-order valence-electron chi connectivity index (χ3n) is 30.5. The molecular formula is C115H187FN20O10. The van der Waals surface area contributed by atoms with Gasteiger partial charge in [0.2, 0.25) is 0 Å². The van der Waals surface area contributed by atoms with E-state index in [1.54, 1.807) is 27.5 Å². The maximum atomic E-state index is 13.4. The van der Waals surface area contributed by atoms with Crippen molar-refractivity contribution in [3.8, 4) is 0 Å². The van der Waals surface area contributed by atoms with E-state index in [1.165, 1.54) is 0 Å². The molecule has 146 heavy (non-hydrogen) atoms. The van der Waals surface area contributed by atoms with E-state index in [4.69, 9.17) is 14.2 Å². The van der Waals surface area contributed by atoms with Crippen molar-refractivity contribution >= 4 is 39.8 Å². The third-order valence-corrected chi connectivity index (χ3v) is 30.5. The minimum absolute atomic E-state index is 0.254. The molecule has 0 aliphatic carbocycles. The van der Waals surface area contributed by atoms with Gasteiger partial charge in [0.15, 0.2) is 0 Å². The number of hydrogen-bond donors (Lipinski definition) is 7. The molecule has 8 atom stereocenters. The van der Waals surface area contributed by atoms with Gasteiger partial charge >= 0.3 is 0 Å². The maximum Gasteiger partial charge on any atom is 0.143 e. The summed E-state index contributed by atoms with van der Waals surface area (Å²) in [5.41, 5.74) is 11.3. The quantitative estimate of drug-likeness (QED) is 0.0265. The molecule has 10 aliphatic rings. The molecule has 10 saturated heterocycles. The summed E-state index contributed by atoms with van der Waals surface area (Å²) in [7, 11) is 11.4. The van der Waals surface area contributed by atoms with Crippen molar-refractivity contribution < 1.29 is 54.3 Å². The first-order valence-electron chi connectivity index (χ1n) is 54.9. The van der Waals surface area contributed by atoms with Crippen LogP contribution >= 0.6 is 0 Å². The molecule has 2 unspecified atom stereocenters. The monoisotopic (exact) mass is 2030 g/mol. The van der Waals surface area contributed by atoms with E-state index < -0.39 is 45.9 Å². The molecule has 7 N–H and O–H groups in total. The predicted octanol–water partition coefficient (Wildman–Crippen LogP) is 14.0. The van der Waals surface area contributed by atoms with Crippen LogP contribution in [0.5, 0.6) is 0 Å². The first-order chi connectivity index (χ1) is 69.5. The lowest BCUT2D eigenvalue weighted by Crippen LogP contribution is -2.57. The second-order valence-electron chi connectivity index (χ2n) is 46.0. The van der Waals surface area contributed by atoms with E-state index in [0.29, 0.717) is 113 Å². The Morgan fingerprint density at radius 2 is 0.459 bits per heavy atom. The molecule has 31 heteroatoms. The van der Waals surface area contributed by atoms with Crippen LogP contribution in [0, 0.1) is 0 Å². The summed E-state index contributed by atoms with van der Waals surface area (Å²) in [6.07, 6.45) is 23.1. The SMILES string of the molecule is CC(C)c1ccc(N2CCCC(O)(CN3CCN(C)CC3)C2)cn1.CC(C)c1ccc(N2CCC[C@@](O)(CN3CCN(C)CC3)C2)cn1.CC(C)c1ccc(N2CCC[C@](O)(CN3CCN(C)CC3)C2)cn1.CC(C)c1ccc(N2CC[C@H](O)[C@@H](F)C2)cn1.COCC1(O)CCCN(c2ccc(C(C)C)nc2)C1.COC[C@@]1(O)CCCN(c2ccc(C(C)C)nc2)C1.COC[C@]1(O)CCCN(c2ccc(C(C)C)nc2)C1. The van der Waals surface area contributed by atoms with Crippen LogP contribution in [-0.2, 0) is 14.2 Å². The van der Waals surface area contributed by atoms with Crippen molar-refractivity contribution in [1.29, 1.82) is 0 Å². The normalized spacial score (nSPS) is 25.6. The Bertz CT molecular complexity index is 4420. The third kappa shape index (κ3) is 36.6. The van der Waals surface area contributed by atoms with Crippen LogP contribution in [0.25, 0.3) is 0 Å². The lowest BCUT2D eigenvalue weighted by Gasteiger charge is -2.44. The summed E-state index contributed by atoms with van der Waals surface area (Å²) in [6, 6.07) is 29.3. The highest BCUT2D eigenvalue weighted by atomic mass is 19.1. The summed E-state index contributed by atoms with van der Waals surface area (Å²) in [4.78, 5) is 61.4. The predicted molar refractivity (Wildman–Crippen MR) is 592 cm³/mol. The fourth-order valence-corrected chi connectivity index (χ4v) is 21.4. The van der Waals surface area contributed by atoms with Gasteiger partial charge in [0.1, 0.15) is 23.0 Å². The van der Waals surface area contributed by atoms with Crippen molar-refractivity contribution in [2.75, 3.05) is 286 Å². The number of piperazine rings is 3. The molecule has 17 rings (SSSR count). The van der Waals surface area contributed by atoms with E-state index in [1.807, 2.05) is 54.2 Å². The second-order valence-corrected chi connectivity index (χ2v) is 46.0. The zero-order valence-electron chi connectivity index (χ0n) is 92.8. The number of anilines is 7. The average molecular weight is 2030 g/mol. The number of aliphatic hydroxyl groups excluding tert-OH is 1. The van der Waals surface area contributed by atoms with Crippen LogP contribution < -0.4 is 34.3 Å². The molecular weight excluding hydrogens is 1840 g/mol. The lowest BCUT2D eigenvalue weighted by atomic mass is 9.91. The van der Waals surface area contributed by atoms with Crippen LogP contribution in [0.3, 0.4) is 0 Å². The largest absolute Gasteiger partial charge is 0.390 e. The number of pyridine rings is 7. The van der Waals surface area contributed by atoms with E-state index in [9.17, 15) is 40.1 Å².